The molecule has 0 radical (unpaired) electrons. The molecule has 3 aromatic rings. The van der Waals surface area contributed by atoms with Gasteiger partial charge in [-0.2, -0.15) is 0 Å². The first-order valence-corrected chi connectivity index (χ1v) is 11.5. The number of hydrogen-bond acceptors (Lipinski definition) is 9. The number of aromatic nitrogens is 1. The molecular weight excluding hydrogens is 470 g/mol. The molecular formula is C26H27NO9. The van der Waals surface area contributed by atoms with Crippen molar-refractivity contribution in [3.8, 4) is 0 Å². The topological polar surface area (TPSA) is 119 Å². The maximum Gasteiger partial charge on any atom is 0.303 e. The summed E-state index contributed by atoms with van der Waals surface area (Å²) in [6.07, 6.45) is -5.69. The first-order chi connectivity index (χ1) is 17.2. The lowest BCUT2D eigenvalue weighted by Crippen LogP contribution is -2.60. The summed E-state index contributed by atoms with van der Waals surface area (Å²) < 4.78 is 30.1. The third-order valence-electron chi connectivity index (χ3n) is 5.84. The van der Waals surface area contributed by atoms with E-state index in [1.165, 1.54) is 27.7 Å². The lowest BCUT2D eigenvalue weighted by Gasteiger charge is -2.45. The van der Waals surface area contributed by atoms with Gasteiger partial charge in [-0.3, -0.25) is 19.2 Å². The summed E-state index contributed by atoms with van der Waals surface area (Å²) in [5.74, 6) is -2.57. The maximum absolute atomic E-state index is 12.2. The van der Waals surface area contributed by atoms with Crippen molar-refractivity contribution in [1.82, 2.24) is 4.57 Å². The molecule has 10 heteroatoms. The van der Waals surface area contributed by atoms with Crippen LogP contribution in [-0.4, -0.2) is 59.5 Å². The second-order valence-electron chi connectivity index (χ2n) is 8.49. The van der Waals surface area contributed by atoms with Gasteiger partial charge in [0.1, 0.15) is 12.7 Å². The predicted molar refractivity (Wildman–Crippen MR) is 127 cm³/mol. The van der Waals surface area contributed by atoms with E-state index in [-0.39, 0.29) is 6.61 Å². The zero-order chi connectivity index (χ0) is 26.0. The van der Waals surface area contributed by atoms with Gasteiger partial charge in [-0.05, 0) is 12.1 Å². The SMILES string of the molecule is CC(=O)OC[C@H]1O[C@@H](n2c3ccccc3c3ccccc32)[C@H](OC(C)=O)[C@@H](OC(C)=O)[C@@H]1OC(C)=O. The Morgan fingerprint density at radius 3 is 1.67 bits per heavy atom. The van der Waals surface area contributed by atoms with Crippen LogP contribution in [-0.2, 0) is 42.9 Å². The molecule has 0 N–H and O–H groups in total. The number of benzene rings is 2. The molecule has 1 saturated heterocycles. The number of hydrogen-bond donors (Lipinski definition) is 0. The Kier molecular flexibility index (Phi) is 7.25. The molecule has 1 fully saturated rings. The van der Waals surface area contributed by atoms with Gasteiger partial charge in [0.15, 0.2) is 24.5 Å². The predicted octanol–water partition coefficient (Wildman–Crippen LogP) is 3.05. The molecule has 10 nitrogen and oxygen atoms in total. The van der Waals surface area contributed by atoms with Crippen LogP contribution in [0.1, 0.15) is 33.9 Å². The zero-order valence-corrected chi connectivity index (χ0v) is 20.3. The lowest BCUT2D eigenvalue weighted by atomic mass is 9.97. The summed E-state index contributed by atoms with van der Waals surface area (Å²) in [4.78, 5) is 47.9. The van der Waals surface area contributed by atoms with Gasteiger partial charge in [0.25, 0.3) is 0 Å². The minimum Gasteiger partial charge on any atom is -0.463 e. The number of carbonyl (C=O) groups excluding carboxylic acids is 4. The standard InChI is InChI=1S/C26H27NO9/c1-14(28)32-13-22-23(33-15(2)29)24(34-16(3)30)25(35-17(4)31)26(36-22)27-20-11-7-5-9-18(20)19-10-6-8-12-21(19)27/h5-12,22-26H,13H2,1-4H3/t22-,23-,24+,25-,26-/m1/s1. The van der Waals surface area contributed by atoms with Crippen molar-refractivity contribution in [1.29, 1.82) is 0 Å². The van der Waals surface area contributed by atoms with Crippen molar-refractivity contribution in [2.45, 2.75) is 58.3 Å². The average Bonchev–Trinajstić information content (AvgIpc) is 3.14. The Bertz CT molecular complexity index is 1260. The molecule has 0 saturated carbocycles. The summed E-state index contributed by atoms with van der Waals surface area (Å²) in [6, 6.07) is 15.2. The molecule has 4 rings (SSSR count). The van der Waals surface area contributed by atoms with Gasteiger partial charge in [-0.1, -0.05) is 36.4 Å². The van der Waals surface area contributed by atoms with Gasteiger partial charge in [0, 0.05) is 38.5 Å². The van der Waals surface area contributed by atoms with E-state index in [0.717, 1.165) is 21.8 Å². The largest absolute Gasteiger partial charge is 0.463 e. The minimum atomic E-state index is -1.24. The van der Waals surface area contributed by atoms with Gasteiger partial charge in [-0.15, -0.1) is 0 Å². The van der Waals surface area contributed by atoms with Crippen LogP contribution >= 0.6 is 0 Å². The molecule has 0 aliphatic carbocycles. The van der Waals surface area contributed by atoms with E-state index in [2.05, 4.69) is 0 Å². The molecule has 5 atom stereocenters. The molecule has 1 aromatic heterocycles. The van der Waals surface area contributed by atoms with E-state index in [4.69, 9.17) is 23.7 Å². The maximum atomic E-state index is 12.2. The molecule has 0 unspecified atom stereocenters. The lowest BCUT2D eigenvalue weighted by molar-refractivity contribution is -0.267. The van der Waals surface area contributed by atoms with Crippen LogP contribution < -0.4 is 0 Å². The molecule has 2 heterocycles. The fourth-order valence-electron chi connectivity index (χ4n) is 4.64. The Labute approximate surface area is 207 Å². The summed E-state index contributed by atoms with van der Waals surface area (Å²) in [5.41, 5.74) is 1.55. The zero-order valence-electron chi connectivity index (χ0n) is 20.3. The first-order valence-electron chi connectivity index (χ1n) is 11.5. The van der Waals surface area contributed by atoms with Crippen molar-refractivity contribution < 1.29 is 42.9 Å². The fraction of sp³-hybridized carbons (Fsp3) is 0.385. The highest BCUT2D eigenvalue weighted by atomic mass is 16.7. The van der Waals surface area contributed by atoms with Crippen molar-refractivity contribution in [3.63, 3.8) is 0 Å². The number of carbonyl (C=O) groups is 4. The summed E-state index contributed by atoms with van der Waals surface area (Å²) in [7, 11) is 0. The minimum absolute atomic E-state index is 0.286. The summed E-state index contributed by atoms with van der Waals surface area (Å²) >= 11 is 0. The first kappa shape index (κ1) is 25.2. The third kappa shape index (κ3) is 5.03. The number of nitrogens with zero attached hydrogens (tertiary/aromatic N) is 1. The second kappa shape index (κ2) is 10.4. The van der Waals surface area contributed by atoms with Crippen LogP contribution in [0.15, 0.2) is 48.5 Å². The Morgan fingerprint density at radius 1 is 0.694 bits per heavy atom. The Morgan fingerprint density at radius 2 is 1.17 bits per heavy atom. The van der Waals surface area contributed by atoms with Gasteiger partial charge in [0.05, 0.1) is 11.0 Å². The number of esters is 4. The van der Waals surface area contributed by atoms with Crippen LogP contribution in [0.5, 0.6) is 0 Å². The van der Waals surface area contributed by atoms with E-state index >= 15 is 0 Å². The van der Waals surface area contributed by atoms with Gasteiger partial charge in [0.2, 0.25) is 0 Å². The van der Waals surface area contributed by atoms with Crippen LogP contribution in [0.25, 0.3) is 21.8 Å². The average molecular weight is 498 g/mol. The Hall–Kier alpha value is -3.92. The van der Waals surface area contributed by atoms with E-state index < -0.39 is 54.5 Å². The quantitative estimate of drug-likeness (QED) is 0.374. The monoisotopic (exact) mass is 497 g/mol. The van der Waals surface area contributed by atoms with Crippen LogP contribution in [0.2, 0.25) is 0 Å². The van der Waals surface area contributed by atoms with E-state index in [1.54, 1.807) is 0 Å². The molecule has 2 aromatic carbocycles. The number of rotatable bonds is 6. The number of para-hydroxylation sites is 2. The highest BCUT2D eigenvalue weighted by Crippen LogP contribution is 2.40. The van der Waals surface area contributed by atoms with Gasteiger partial charge >= 0.3 is 23.9 Å². The number of ether oxygens (including phenoxy) is 5. The Balaban J connectivity index is 1.93. The van der Waals surface area contributed by atoms with E-state index in [9.17, 15) is 19.2 Å². The summed E-state index contributed by atoms with van der Waals surface area (Å²) in [5, 5.41) is 1.86. The van der Waals surface area contributed by atoms with Crippen molar-refractivity contribution in [3.05, 3.63) is 48.5 Å². The molecule has 36 heavy (non-hydrogen) atoms. The summed E-state index contributed by atoms with van der Waals surface area (Å²) in [6.45, 7) is 4.56. The normalized spacial score (nSPS) is 23.7. The van der Waals surface area contributed by atoms with Crippen LogP contribution in [0.4, 0.5) is 0 Å². The smallest absolute Gasteiger partial charge is 0.303 e. The van der Waals surface area contributed by atoms with E-state index in [1.807, 2.05) is 53.1 Å². The van der Waals surface area contributed by atoms with E-state index in [0.29, 0.717) is 0 Å². The molecule has 0 bridgehead atoms. The molecule has 1 aliphatic heterocycles. The van der Waals surface area contributed by atoms with Crippen molar-refractivity contribution in [2.24, 2.45) is 0 Å². The molecule has 0 amide bonds. The highest BCUT2D eigenvalue weighted by Gasteiger charge is 2.53. The molecule has 190 valence electrons. The van der Waals surface area contributed by atoms with Gasteiger partial charge < -0.3 is 28.3 Å². The molecule has 0 spiro atoms. The molecule has 1 aliphatic rings. The van der Waals surface area contributed by atoms with Crippen molar-refractivity contribution in [2.75, 3.05) is 6.61 Å². The van der Waals surface area contributed by atoms with Crippen LogP contribution in [0, 0.1) is 0 Å². The van der Waals surface area contributed by atoms with Crippen molar-refractivity contribution >= 4 is 45.7 Å². The van der Waals surface area contributed by atoms with Gasteiger partial charge in [-0.25, -0.2) is 0 Å². The fourth-order valence-corrected chi connectivity index (χ4v) is 4.64. The van der Waals surface area contributed by atoms with Crippen LogP contribution in [0.3, 0.4) is 0 Å². The number of fused-ring (bicyclic) bond motifs is 3. The third-order valence-corrected chi connectivity index (χ3v) is 5.84. The second-order valence-corrected chi connectivity index (χ2v) is 8.49. The highest BCUT2D eigenvalue weighted by molar-refractivity contribution is 6.08.